The van der Waals surface area contributed by atoms with Crippen molar-refractivity contribution in [3.05, 3.63) is 95.0 Å². The van der Waals surface area contributed by atoms with Gasteiger partial charge in [0.25, 0.3) is 0 Å². The van der Waals surface area contributed by atoms with Crippen LogP contribution < -0.4 is 4.74 Å². The van der Waals surface area contributed by atoms with Crippen LogP contribution in [0.4, 0.5) is 0 Å². The van der Waals surface area contributed by atoms with Gasteiger partial charge in [-0.2, -0.15) is 0 Å². The molecule has 3 aromatic rings. The van der Waals surface area contributed by atoms with Crippen molar-refractivity contribution in [1.82, 2.24) is 4.90 Å². The van der Waals surface area contributed by atoms with Crippen molar-refractivity contribution in [3.63, 3.8) is 0 Å². The number of morpholine rings is 1. The lowest BCUT2D eigenvalue weighted by molar-refractivity contribution is -0.0319. The molecule has 1 heterocycles. The van der Waals surface area contributed by atoms with E-state index in [2.05, 4.69) is 53.4 Å². The van der Waals surface area contributed by atoms with Crippen LogP contribution in [0.1, 0.15) is 16.4 Å². The van der Waals surface area contributed by atoms with Gasteiger partial charge in [-0.05, 0) is 35.4 Å². The lowest BCUT2D eigenvalue weighted by atomic mass is 10.1. The average molecular weight is 440 g/mol. The molecule has 0 aliphatic carbocycles. The van der Waals surface area contributed by atoms with Gasteiger partial charge in [0.1, 0.15) is 5.75 Å². The number of benzene rings is 3. The van der Waals surface area contributed by atoms with Gasteiger partial charge in [0, 0.05) is 24.7 Å². The zero-order valence-corrected chi connectivity index (χ0v) is 18.6. The van der Waals surface area contributed by atoms with Crippen molar-refractivity contribution in [2.45, 2.75) is 22.8 Å². The highest BCUT2D eigenvalue weighted by Gasteiger charge is 2.31. The van der Waals surface area contributed by atoms with Crippen LogP contribution in [0.3, 0.4) is 0 Å². The molecule has 30 heavy (non-hydrogen) atoms. The van der Waals surface area contributed by atoms with Crippen molar-refractivity contribution in [2.75, 3.05) is 26.8 Å². The number of thioether (sulfide) groups is 1. The summed E-state index contributed by atoms with van der Waals surface area (Å²) in [7, 11) is 1.72. The molecular formula is C25H26ClNO2S. The molecule has 3 aromatic carbocycles. The van der Waals surface area contributed by atoms with E-state index in [1.165, 1.54) is 11.1 Å². The fraction of sp³-hybridized carbons (Fsp3) is 0.280. The van der Waals surface area contributed by atoms with Gasteiger partial charge in [0.05, 0.1) is 30.0 Å². The quantitative estimate of drug-likeness (QED) is 0.415. The predicted octanol–water partition coefficient (Wildman–Crippen LogP) is 6.08. The van der Waals surface area contributed by atoms with Crippen molar-refractivity contribution in [1.29, 1.82) is 0 Å². The Morgan fingerprint density at radius 2 is 1.77 bits per heavy atom. The number of nitrogens with zero attached hydrogens (tertiary/aromatic N) is 1. The molecule has 0 spiro atoms. The van der Waals surface area contributed by atoms with E-state index in [-0.39, 0.29) is 11.4 Å². The molecule has 4 rings (SSSR count). The Morgan fingerprint density at radius 3 is 2.53 bits per heavy atom. The van der Waals surface area contributed by atoms with Crippen LogP contribution in [0.25, 0.3) is 0 Å². The molecule has 1 saturated heterocycles. The molecule has 3 nitrogen and oxygen atoms in total. The molecule has 0 bridgehead atoms. The van der Waals surface area contributed by atoms with Crippen LogP contribution >= 0.6 is 23.4 Å². The Hall–Kier alpha value is -1.98. The lowest BCUT2D eigenvalue weighted by Gasteiger charge is -2.37. The molecule has 5 heteroatoms. The maximum absolute atomic E-state index is 6.30. The first-order valence-electron chi connectivity index (χ1n) is 10.2. The van der Waals surface area contributed by atoms with E-state index in [9.17, 15) is 0 Å². The third kappa shape index (κ3) is 5.38. The van der Waals surface area contributed by atoms with E-state index in [1.807, 2.05) is 30.3 Å². The Bertz CT molecular complexity index is 935. The summed E-state index contributed by atoms with van der Waals surface area (Å²) < 4.78 is 11.9. The summed E-state index contributed by atoms with van der Waals surface area (Å²) in [5.41, 5.74) is 2.54. The van der Waals surface area contributed by atoms with Crippen molar-refractivity contribution < 1.29 is 9.47 Å². The van der Waals surface area contributed by atoms with Gasteiger partial charge in [-0.25, -0.2) is 0 Å². The van der Waals surface area contributed by atoms with E-state index in [4.69, 9.17) is 21.1 Å². The minimum absolute atomic E-state index is 0.0681. The normalized spacial score (nSPS) is 18.1. The second-order valence-electron chi connectivity index (χ2n) is 7.37. The van der Waals surface area contributed by atoms with Crippen LogP contribution in [0.15, 0.2) is 83.8 Å². The molecule has 0 radical (unpaired) electrons. The van der Waals surface area contributed by atoms with E-state index in [0.29, 0.717) is 0 Å². The minimum Gasteiger partial charge on any atom is -0.496 e. The SMILES string of the molecule is COc1ccccc1S[C@@H](c1ccc(Cl)cc1)C1CN(Cc2ccccc2)CCO1. The number of rotatable bonds is 7. The Morgan fingerprint density at radius 1 is 1.03 bits per heavy atom. The summed E-state index contributed by atoms with van der Waals surface area (Å²) in [6.07, 6.45) is 0.0681. The van der Waals surface area contributed by atoms with Crippen molar-refractivity contribution in [2.24, 2.45) is 0 Å². The summed E-state index contributed by atoms with van der Waals surface area (Å²) in [6.45, 7) is 3.49. The van der Waals surface area contributed by atoms with Gasteiger partial charge in [-0.1, -0.05) is 66.2 Å². The van der Waals surface area contributed by atoms with Gasteiger partial charge >= 0.3 is 0 Å². The van der Waals surface area contributed by atoms with E-state index >= 15 is 0 Å². The molecule has 0 N–H and O–H groups in total. The third-order valence-electron chi connectivity index (χ3n) is 5.29. The smallest absolute Gasteiger partial charge is 0.132 e. The second-order valence-corrected chi connectivity index (χ2v) is 8.99. The monoisotopic (exact) mass is 439 g/mol. The van der Waals surface area contributed by atoms with Gasteiger partial charge in [0.15, 0.2) is 0 Å². The van der Waals surface area contributed by atoms with E-state index in [1.54, 1.807) is 18.9 Å². The highest BCUT2D eigenvalue weighted by Crippen LogP contribution is 2.43. The van der Waals surface area contributed by atoms with Gasteiger partial charge < -0.3 is 9.47 Å². The number of para-hydroxylation sites is 1. The highest BCUT2D eigenvalue weighted by atomic mass is 35.5. The summed E-state index contributed by atoms with van der Waals surface area (Å²) in [4.78, 5) is 3.60. The van der Waals surface area contributed by atoms with Gasteiger partial charge in [0.2, 0.25) is 0 Å². The first kappa shape index (κ1) is 21.3. The first-order chi connectivity index (χ1) is 14.7. The topological polar surface area (TPSA) is 21.7 Å². The fourth-order valence-electron chi connectivity index (χ4n) is 3.76. The summed E-state index contributed by atoms with van der Waals surface area (Å²) in [6, 6.07) is 26.9. The molecule has 156 valence electrons. The first-order valence-corrected chi connectivity index (χ1v) is 11.4. The maximum Gasteiger partial charge on any atom is 0.132 e. The average Bonchev–Trinajstić information content (AvgIpc) is 2.79. The third-order valence-corrected chi connectivity index (χ3v) is 6.96. The zero-order chi connectivity index (χ0) is 20.8. The number of halogens is 1. The molecule has 0 saturated carbocycles. The van der Waals surface area contributed by atoms with Crippen LogP contribution in [0.2, 0.25) is 5.02 Å². The Labute approximate surface area is 188 Å². The molecule has 1 aliphatic rings. The molecule has 2 atom stereocenters. The Balaban J connectivity index is 1.57. The molecule has 1 unspecified atom stereocenters. The highest BCUT2D eigenvalue weighted by molar-refractivity contribution is 7.99. The van der Waals surface area contributed by atoms with Crippen LogP contribution in [-0.4, -0.2) is 37.8 Å². The molecule has 1 aliphatic heterocycles. The summed E-state index contributed by atoms with van der Waals surface area (Å²) >= 11 is 7.95. The molecule has 0 aromatic heterocycles. The molecular weight excluding hydrogens is 414 g/mol. The van der Waals surface area contributed by atoms with E-state index < -0.39 is 0 Å². The van der Waals surface area contributed by atoms with Crippen LogP contribution in [0, 0.1) is 0 Å². The number of ether oxygens (including phenoxy) is 2. The van der Waals surface area contributed by atoms with Crippen LogP contribution in [0.5, 0.6) is 5.75 Å². The maximum atomic E-state index is 6.30. The van der Waals surface area contributed by atoms with Crippen LogP contribution in [-0.2, 0) is 11.3 Å². The largest absolute Gasteiger partial charge is 0.496 e. The lowest BCUT2D eigenvalue weighted by Crippen LogP contribution is -2.44. The van der Waals surface area contributed by atoms with Crippen molar-refractivity contribution in [3.8, 4) is 5.75 Å². The predicted molar refractivity (Wildman–Crippen MR) is 125 cm³/mol. The number of hydrogen-bond acceptors (Lipinski definition) is 4. The number of hydrogen-bond donors (Lipinski definition) is 0. The second kappa shape index (κ2) is 10.4. The van der Waals surface area contributed by atoms with Gasteiger partial charge in [-0.15, -0.1) is 11.8 Å². The van der Waals surface area contributed by atoms with E-state index in [0.717, 1.165) is 41.9 Å². The van der Waals surface area contributed by atoms with Gasteiger partial charge in [-0.3, -0.25) is 4.90 Å². The standard InChI is InChI=1S/C25H26ClNO2S/c1-28-22-9-5-6-10-24(22)30-25(20-11-13-21(26)14-12-20)23-18-27(15-16-29-23)17-19-7-3-2-4-8-19/h2-14,23,25H,15-18H2,1H3/t23?,25-/m0/s1. The fourth-order valence-corrected chi connectivity index (χ4v) is 5.20. The zero-order valence-electron chi connectivity index (χ0n) is 17.0. The minimum atomic E-state index is 0.0681. The van der Waals surface area contributed by atoms with Crippen molar-refractivity contribution >= 4 is 23.4 Å². The number of methoxy groups -OCH3 is 1. The Kier molecular flexibility index (Phi) is 7.34. The summed E-state index contributed by atoms with van der Waals surface area (Å²) in [5.74, 6) is 0.887. The summed E-state index contributed by atoms with van der Waals surface area (Å²) in [5, 5.41) is 0.882. The molecule has 0 amide bonds. The molecule has 1 fully saturated rings.